The predicted octanol–water partition coefficient (Wildman–Crippen LogP) is 3.64. The van der Waals surface area contributed by atoms with Gasteiger partial charge in [0.15, 0.2) is 0 Å². The summed E-state index contributed by atoms with van der Waals surface area (Å²) in [6.45, 7) is 3.76. The zero-order valence-corrected chi connectivity index (χ0v) is 15.4. The molecule has 1 aromatic heterocycles. The number of nitrogens with zero attached hydrogens (tertiary/aromatic N) is 4. The van der Waals surface area contributed by atoms with Gasteiger partial charge in [-0.3, -0.25) is 4.79 Å². The van der Waals surface area contributed by atoms with E-state index < -0.39 is 0 Å². The maximum Gasteiger partial charge on any atom is 0.235 e. The summed E-state index contributed by atoms with van der Waals surface area (Å²) in [7, 11) is 0. The van der Waals surface area contributed by atoms with Crippen LogP contribution in [0.15, 0.2) is 35.5 Å². The van der Waals surface area contributed by atoms with E-state index in [9.17, 15) is 4.79 Å². The largest absolute Gasteiger partial charge is 0.342 e. The molecule has 1 aliphatic heterocycles. The van der Waals surface area contributed by atoms with Crippen molar-refractivity contribution in [2.75, 3.05) is 13.1 Å². The lowest BCUT2D eigenvalue weighted by Gasteiger charge is -2.28. The maximum absolute atomic E-state index is 12.7. The molecule has 2 aliphatic rings. The van der Waals surface area contributed by atoms with E-state index >= 15 is 0 Å². The monoisotopic (exact) mass is 356 g/mol. The van der Waals surface area contributed by atoms with Crippen LogP contribution < -0.4 is 0 Å². The van der Waals surface area contributed by atoms with E-state index in [1.165, 1.54) is 31.0 Å². The van der Waals surface area contributed by atoms with Gasteiger partial charge in [0.25, 0.3) is 0 Å². The van der Waals surface area contributed by atoms with Crippen molar-refractivity contribution in [2.45, 2.75) is 55.4 Å². The molecule has 2 aromatic rings. The van der Waals surface area contributed by atoms with E-state index in [1.54, 1.807) is 0 Å². The van der Waals surface area contributed by atoms with Crippen LogP contribution in [0.2, 0.25) is 0 Å². The summed E-state index contributed by atoms with van der Waals surface area (Å²) < 4.78 is 1.96. The predicted molar refractivity (Wildman–Crippen MR) is 99.1 cm³/mol. The van der Waals surface area contributed by atoms with Crippen molar-refractivity contribution in [3.05, 3.63) is 36.2 Å². The van der Waals surface area contributed by atoms with Crippen molar-refractivity contribution in [3.8, 4) is 5.69 Å². The summed E-state index contributed by atoms with van der Waals surface area (Å²) in [6.07, 6.45) is 5.83. The van der Waals surface area contributed by atoms with E-state index in [4.69, 9.17) is 10.1 Å². The van der Waals surface area contributed by atoms with Gasteiger partial charge in [-0.2, -0.15) is 0 Å². The number of carbonyl (C=O) groups excluding carboxylic acids is 1. The van der Waals surface area contributed by atoms with Gasteiger partial charge in [0.2, 0.25) is 11.1 Å². The van der Waals surface area contributed by atoms with E-state index in [-0.39, 0.29) is 11.2 Å². The van der Waals surface area contributed by atoms with Crippen LogP contribution in [-0.2, 0) is 4.79 Å². The van der Waals surface area contributed by atoms with Crippen molar-refractivity contribution in [1.29, 1.82) is 0 Å². The van der Waals surface area contributed by atoms with Gasteiger partial charge in [-0.25, -0.2) is 9.67 Å². The van der Waals surface area contributed by atoms with Crippen molar-refractivity contribution >= 4 is 17.7 Å². The number of likely N-dealkylation sites (tertiary alicyclic amines) is 1. The molecule has 1 aromatic carbocycles. The first-order valence-corrected chi connectivity index (χ1v) is 10.1. The molecule has 2 fully saturated rings. The average molecular weight is 356 g/mol. The fourth-order valence-electron chi connectivity index (χ4n) is 3.30. The topological polar surface area (TPSA) is 51.0 Å². The van der Waals surface area contributed by atoms with Crippen LogP contribution in [0.25, 0.3) is 5.69 Å². The highest BCUT2D eigenvalue weighted by molar-refractivity contribution is 8.00. The zero-order chi connectivity index (χ0) is 17.2. The molecule has 0 radical (unpaired) electrons. The molecule has 25 heavy (non-hydrogen) atoms. The molecule has 1 unspecified atom stereocenters. The smallest absolute Gasteiger partial charge is 0.235 e. The van der Waals surface area contributed by atoms with Crippen LogP contribution in [0.1, 0.15) is 50.8 Å². The van der Waals surface area contributed by atoms with Crippen molar-refractivity contribution in [1.82, 2.24) is 19.7 Å². The van der Waals surface area contributed by atoms with Crippen LogP contribution in [0.3, 0.4) is 0 Å². The second kappa shape index (κ2) is 7.20. The maximum atomic E-state index is 12.7. The molecule has 1 amide bonds. The Morgan fingerprint density at radius 1 is 1.16 bits per heavy atom. The second-order valence-electron chi connectivity index (χ2n) is 6.92. The first-order valence-electron chi connectivity index (χ1n) is 9.20. The molecule has 0 bridgehead atoms. The Balaban J connectivity index is 1.51. The molecule has 6 heteroatoms. The molecule has 1 atom stereocenters. The van der Waals surface area contributed by atoms with E-state index in [0.29, 0.717) is 11.1 Å². The average Bonchev–Trinajstić information content (AvgIpc) is 3.43. The Kier molecular flexibility index (Phi) is 4.79. The van der Waals surface area contributed by atoms with Crippen LogP contribution in [0.4, 0.5) is 0 Å². The lowest BCUT2D eigenvalue weighted by Crippen LogP contribution is -2.40. The molecular formula is C19H24N4OS. The normalized spacial score (nSPS) is 19.0. The third kappa shape index (κ3) is 3.73. The number of carbonyl (C=O) groups is 1. The molecule has 1 saturated heterocycles. The summed E-state index contributed by atoms with van der Waals surface area (Å²) in [6, 6.07) is 10.1. The Morgan fingerprint density at radius 3 is 2.56 bits per heavy atom. The SMILES string of the molecule is CC(Sc1nc(C2CC2)n(-c2ccccc2)n1)C(=O)N1CCCCC1. The second-order valence-corrected chi connectivity index (χ2v) is 8.23. The molecule has 4 rings (SSSR count). The van der Waals surface area contributed by atoms with Crippen molar-refractivity contribution < 1.29 is 4.79 Å². The first-order chi connectivity index (χ1) is 12.2. The molecular weight excluding hydrogens is 332 g/mol. The van der Waals surface area contributed by atoms with Gasteiger partial charge in [0.05, 0.1) is 10.9 Å². The number of benzene rings is 1. The number of piperidine rings is 1. The summed E-state index contributed by atoms with van der Waals surface area (Å²) in [5, 5.41) is 5.28. The van der Waals surface area contributed by atoms with Gasteiger partial charge >= 0.3 is 0 Å². The Morgan fingerprint density at radius 2 is 1.88 bits per heavy atom. The fraction of sp³-hybridized carbons (Fsp3) is 0.526. The molecule has 0 N–H and O–H groups in total. The molecule has 1 aliphatic carbocycles. The number of rotatable bonds is 5. The zero-order valence-electron chi connectivity index (χ0n) is 14.6. The van der Waals surface area contributed by atoms with Crippen LogP contribution >= 0.6 is 11.8 Å². The number of amides is 1. The lowest BCUT2D eigenvalue weighted by molar-refractivity contribution is -0.131. The highest BCUT2D eigenvalue weighted by atomic mass is 32.2. The van der Waals surface area contributed by atoms with E-state index in [2.05, 4.69) is 12.1 Å². The highest BCUT2D eigenvalue weighted by Gasteiger charge is 2.31. The molecule has 0 spiro atoms. The van der Waals surface area contributed by atoms with Crippen LogP contribution in [0.5, 0.6) is 0 Å². The number of aromatic nitrogens is 3. The van der Waals surface area contributed by atoms with Gasteiger partial charge in [-0.05, 0) is 51.2 Å². The van der Waals surface area contributed by atoms with E-state index in [0.717, 1.165) is 37.4 Å². The molecule has 2 heterocycles. The molecule has 1 saturated carbocycles. The summed E-state index contributed by atoms with van der Waals surface area (Å²) in [5.41, 5.74) is 1.04. The van der Waals surface area contributed by atoms with Gasteiger partial charge in [-0.15, -0.1) is 5.10 Å². The van der Waals surface area contributed by atoms with Gasteiger partial charge in [-0.1, -0.05) is 30.0 Å². The fourth-order valence-corrected chi connectivity index (χ4v) is 4.14. The minimum absolute atomic E-state index is 0.142. The Labute approximate surface area is 152 Å². The van der Waals surface area contributed by atoms with Gasteiger partial charge in [0, 0.05) is 19.0 Å². The Bertz CT molecular complexity index is 735. The molecule has 132 valence electrons. The third-order valence-corrected chi connectivity index (χ3v) is 5.79. The van der Waals surface area contributed by atoms with Crippen molar-refractivity contribution in [2.24, 2.45) is 0 Å². The van der Waals surface area contributed by atoms with Crippen LogP contribution in [0, 0.1) is 0 Å². The van der Waals surface area contributed by atoms with Gasteiger partial charge < -0.3 is 4.90 Å². The summed E-state index contributed by atoms with van der Waals surface area (Å²) in [4.78, 5) is 19.4. The number of para-hydroxylation sites is 1. The Hall–Kier alpha value is -1.82. The molecule has 5 nitrogen and oxygen atoms in total. The first kappa shape index (κ1) is 16.6. The third-order valence-electron chi connectivity index (χ3n) is 4.85. The van der Waals surface area contributed by atoms with Crippen LogP contribution in [-0.4, -0.2) is 43.9 Å². The standard InChI is InChI=1S/C19H24N4OS/c1-14(18(24)22-12-6-3-7-13-22)25-19-20-17(15-10-11-15)23(21-19)16-8-4-2-5-9-16/h2,4-5,8-9,14-15H,3,6-7,10-13H2,1H3. The number of hydrogen-bond donors (Lipinski definition) is 0. The van der Waals surface area contributed by atoms with E-state index in [1.807, 2.05) is 34.7 Å². The minimum atomic E-state index is -0.142. The van der Waals surface area contributed by atoms with Crippen molar-refractivity contribution in [3.63, 3.8) is 0 Å². The van der Waals surface area contributed by atoms with Gasteiger partial charge in [0.1, 0.15) is 5.82 Å². The summed E-state index contributed by atoms with van der Waals surface area (Å²) >= 11 is 1.49. The highest BCUT2D eigenvalue weighted by Crippen LogP contribution is 2.40. The lowest BCUT2D eigenvalue weighted by atomic mass is 10.1. The minimum Gasteiger partial charge on any atom is -0.342 e. The quantitative estimate of drug-likeness (QED) is 0.768. The summed E-state index contributed by atoms with van der Waals surface area (Å²) in [5.74, 6) is 1.76. The number of thioether (sulfide) groups is 1. The number of hydrogen-bond acceptors (Lipinski definition) is 4.